The van der Waals surface area contributed by atoms with Crippen LogP contribution in [0.5, 0.6) is 0 Å². The molecule has 0 amide bonds. The largest absolute Gasteiger partial charge is 0.465 e. The Bertz CT molecular complexity index is 1210. The maximum absolute atomic E-state index is 12.2. The first-order valence-electron chi connectivity index (χ1n) is 11.2. The number of aliphatic imine (C=N–C) groups is 1. The van der Waals surface area contributed by atoms with Gasteiger partial charge in [0.05, 0.1) is 35.9 Å². The van der Waals surface area contributed by atoms with Crippen LogP contribution in [0.15, 0.2) is 59.9 Å². The number of carbonyl (C=O) groups is 1. The van der Waals surface area contributed by atoms with E-state index in [1.807, 2.05) is 30.5 Å². The number of likely N-dealkylation sites (N-methyl/N-ethyl adjacent to an activating group) is 1. The summed E-state index contributed by atoms with van der Waals surface area (Å²) in [6.45, 7) is 3.96. The molecule has 0 spiro atoms. The lowest BCUT2D eigenvalue weighted by molar-refractivity contribution is 0.0602. The predicted octanol–water partition coefficient (Wildman–Crippen LogP) is 2.00. The molecule has 2 aliphatic rings. The molecule has 1 unspecified atom stereocenters. The van der Waals surface area contributed by atoms with Crippen LogP contribution in [0.3, 0.4) is 0 Å². The Morgan fingerprint density at radius 2 is 1.94 bits per heavy atom. The third kappa shape index (κ3) is 4.09. The van der Waals surface area contributed by atoms with Crippen LogP contribution in [0.4, 0.5) is 17.1 Å². The number of aromatic nitrogens is 2. The number of anilines is 3. The van der Waals surface area contributed by atoms with Crippen molar-refractivity contribution in [1.29, 1.82) is 0 Å². The average Bonchev–Trinajstić information content (AvgIpc) is 3.33. The number of para-hydroxylation sites is 1. The van der Waals surface area contributed by atoms with Crippen molar-refractivity contribution in [2.45, 2.75) is 5.79 Å². The summed E-state index contributed by atoms with van der Waals surface area (Å²) in [5, 5.41) is 6.54. The third-order valence-corrected chi connectivity index (χ3v) is 6.19. The number of nitrogens with two attached hydrogens (primary N) is 1. The lowest BCUT2D eigenvalue weighted by atomic mass is 10.1. The van der Waals surface area contributed by atoms with Gasteiger partial charge in [-0.3, -0.25) is 10.7 Å². The summed E-state index contributed by atoms with van der Waals surface area (Å²) >= 11 is 0. The molecule has 1 fully saturated rings. The van der Waals surface area contributed by atoms with Gasteiger partial charge in [-0.1, -0.05) is 12.1 Å². The van der Waals surface area contributed by atoms with E-state index >= 15 is 0 Å². The number of nitrogens with one attached hydrogen (secondary N) is 3. The maximum Gasteiger partial charge on any atom is 0.339 e. The highest BCUT2D eigenvalue weighted by Gasteiger charge is 2.35. The van der Waals surface area contributed by atoms with Crippen LogP contribution in [-0.2, 0) is 10.5 Å². The fourth-order valence-corrected chi connectivity index (χ4v) is 4.22. The smallest absolute Gasteiger partial charge is 0.339 e. The van der Waals surface area contributed by atoms with E-state index in [-0.39, 0.29) is 0 Å². The second-order valence-electron chi connectivity index (χ2n) is 8.47. The number of benzene rings is 1. The van der Waals surface area contributed by atoms with E-state index in [1.165, 1.54) is 7.11 Å². The van der Waals surface area contributed by atoms with Crippen LogP contribution >= 0.6 is 0 Å². The SMILES string of the molecule is COC(=O)c1ccccc1NC1=NC(N)(c2ccc(N3CCN(C)CC3)cn2)Nc2cc[nH]c21. The Labute approximate surface area is 197 Å². The topological polar surface area (TPSA) is 124 Å². The van der Waals surface area contributed by atoms with Crippen molar-refractivity contribution in [3.63, 3.8) is 0 Å². The monoisotopic (exact) mass is 460 g/mol. The summed E-state index contributed by atoms with van der Waals surface area (Å²) < 4.78 is 4.92. The summed E-state index contributed by atoms with van der Waals surface area (Å²) in [6.07, 6.45) is 3.65. The number of carbonyl (C=O) groups excluding carboxylic acids is 1. The van der Waals surface area contributed by atoms with Crippen LogP contribution in [0.25, 0.3) is 0 Å². The molecule has 0 aliphatic carbocycles. The van der Waals surface area contributed by atoms with Crippen LogP contribution in [0.1, 0.15) is 21.7 Å². The highest BCUT2D eigenvalue weighted by Crippen LogP contribution is 2.31. The summed E-state index contributed by atoms with van der Waals surface area (Å²) in [6, 6.07) is 12.9. The number of ether oxygens (including phenoxy) is 1. The zero-order chi connectivity index (χ0) is 23.7. The number of methoxy groups -OCH3 is 1. The molecule has 10 heteroatoms. The molecule has 176 valence electrons. The number of pyridine rings is 1. The van der Waals surface area contributed by atoms with E-state index in [0.717, 1.165) is 43.2 Å². The number of aromatic amines is 1. The Balaban J connectivity index is 1.46. The molecule has 5 rings (SSSR count). The van der Waals surface area contributed by atoms with Gasteiger partial charge in [-0.05, 0) is 37.4 Å². The molecule has 0 radical (unpaired) electrons. The second-order valence-corrected chi connectivity index (χ2v) is 8.47. The normalized spacial score (nSPS) is 20.2. The lowest BCUT2D eigenvalue weighted by Gasteiger charge is -2.35. The molecule has 1 atom stereocenters. The Morgan fingerprint density at radius 1 is 1.15 bits per heavy atom. The highest BCUT2D eigenvalue weighted by molar-refractivity contribution is 6.13. The first-order valence-corrected chi connectivity index (χ1v) is 11.2. The fraction of sp³-hybridized carbons (Fsp3) is 0.292. The van der Waals surface area contributed by atoms with Crippen molar-refractivity contribution < 1.29 is 9.53 Å². The van der Waals surface area contributed by atoms with Crippen molar-refractivity contribution >= 4 is 28.9 Å². The van der Waals surface area contributed by atoms with E-state index < -0.39 is 11.8 Å². The van der Waals surface area contributed by atoms with Crippen LogP contribution < -0.4 is 21.3 Å². The van der Waals surface area contributed by atoms with Gasteiger partial charge in [-0.15, -0.1) is 0 Å². The first kappa shape index (κ1) is 21.9. The maximum atomic E-state index is 12.2. The van der Waals surface area contributed by atoms with Gasteiger partial charge in [-0.25, -0.2) is 9.79 Å². The van der Waals surface area contributed by atoms with E-state index in [2.05, 4.69) is 37.4 Å². The Hall–Kier alpha value is -3.89. The van der Waals surface area contributed by atoms with Crippen molar-refractivity contribution in [2.75, 3.05) is 55.9 Å². The minimum Gasteiger partial charge on any atom is -0.465 e. The number of rotatable bonds is 4. The van der Waals surface area contributed by atoms with E-state index in [0.29, 0.717) is 22.8 Å². The zero-order valence-corrected chi connectivity index (χ0v) is 19.2. The number of esters is 1. The minimum absolute atomic E-state index is 0.400. The molecular formula is C24H28N8O2. The average molecular weight is 461 g/mol. The van der Waals surface area contributed by atoms with E-state index in [1.54, 1.807) is 24.4 Å². The molecule has 2 aliphatic heterocycles. The van der Waals surface area contributed by atoms with Gasteiger partial charge < -0.3 is 30.2 Å². The molecule has 4 heterocycles. The van der Waals surface area contributed by atoms with E-state index in [4.69, 9.17) is 15.5 Å². The summed E-state index contributed by atoms with van der Waals surface area (Å²) in [7, 11) is 3.49. The highest BCUT2D eigenvalue weighted by atomic mass is 16.5. The zero-order valence-electron chi connectivity index (χ0n) is 19.2. The Morgan fingerprint density at radius 3 is 2.68 bits per heavy atom. The van der Waals surface area contributed by atoms with Gasteiger partial charge in [0.2, 0.25) is 5.79 Å². The molecule has 3 aromatic rings. The van der Waals surface area contributed by atoms with Gasteiger partial charge in [-0.2, -0.15) is 0 Å². The number of hydrogen-bond acceptors (Lipinski definition) is 9. The van der Waals surface area contributed by atoms with Gasteiger partial charge >= 0.3 is 5.97 Å². The molecule has 0 bridgehead atoms. The quantitative estimate of drug-likeness (QED) is 0.436. The molecule has 5 N–H and O–H groups in total. The summed E-state index contributed by atoms with van der Waals surface area (Å²) in [5.41, 5.74) is 10.9. The van der Waals surface area contributed by atoms with Crippen molar-refractivity contribution in [3.05, 3.63) is 71.8 Å². The molecule has 10 nitrogen and oxygen atoms in total. The number of H-pyrrole nitrogens is 1. The molecule has 1 aromatic carbocycles. The van der Waals surface area contributed by atoms with Crippen LogP contribution in [0, 0.1) is 0 Å². The van der Waals surface area contributed by atoms with Gasteiger partial charge in [0, 0.05) is 32.4 Å². The summed E-state index contributed by atoms with van der Waals surface area (Å²) in [5.74, 6) is -1.25. The van der Waals surface area contributed by atoms with Crippen LogP contribution in [0.2, 0.25) is 0 Å². The fourth-order valence-electron chi connectivity index (χ4n) is 4.22. The third-order valence-electron chi connectivity index (χ3n) is 6.19. The second kappa shape index (κ2) is 8.81. The molecule has 0 saturated carbocycles. The van der Waals surface area contributed by atoms with E-state index in [9.17, 15) is 4.79 Å². The number of hydrogen-bond donors (Lipinski definition) is 4. The minimum atomic E-state index is -1.29. The molecule has 34 heavy (non-hydrogen) atoms. The number of piperazine rings is 1. The summed E-state index contributed by atoms with van der Waals surface area (Å²) in [4.78, 5) is 29.5. The van der Waals surface area contributed by atoms with Gasteiger partial charge in [0.25, 0.3) is 0 Å². The molecular weight excluding hydrogens is 432 g/mol. The Kier molecular flexibility index (Phi) is 5.68. The van der Waals surface area contributed by atoms with Crippen LogP contribution in [-0.4, -0.2) is 67.0 Å². The van der Waals surface area contributed by atoms with Gasteiger partial charge in [0.1, 0.15) is 11.4 Å². The lowest BCUT2D eigenvalue weighted by Crippen LogP contribution is -2.48. The molecule has 2 aromatic heterocycles. The number of amidine groups is 1. The predicted molar refractivity (Wildman–Crippen MR) is 132 cm³/mol. The standard InChI is InChI=1S/C24H28N8O2/c1-31-11-13-32(14-12-31)16-7-8-20(27-15-16)24(25)29-19-9-10-26-21(19)22(30-24)28-18-6-4-3-5-17(18)23(33)34-2/h3-10,15,26,29H,11-14,25H2,1-2H3,(H,28,30). The van der Waals surface area contributed by atoms with Crippen molar-refractivity contribution in [1.82, 2.24) is 14.9 Å². The first-order chi connectivity index (χ1) is 16.5. The number of fused-ring (bicyclic) bond motifs is 1. The molecule has 1 saturated heterocycles. The number of nitrogens with zero attached hydrogens (tertiary/aromatic N) is 4. The van der Waals surface area contributed by atoms with Crippen molar-refractivity contribution in [2.24, 2.45) is 10.7 Å². The van der Waals surface area contributed by atoms with Crippen molar-refractivity contribution in [3.8, 4) is 0 Å². The van der Waals surface area contributed by atoms with Gasteiger partial charge in [0.15, 0.2) is 5.84 Å².